The van der Waals surface area contributed by atoms with Crippen molar-refractivity contribution in [2.24, 2.45) is 0 Å². The molecule has 2 N–H and O–H groups in total. The predicted octanol–water partition coefficient (Wildman–Crippen LogP) is 4.01. The third-order valence-electron chi connectivity index (χ3n) is 5.11. The van der Waals surface area contributed by atoms with E-state index in [0.717, 1.165) is 15.4 Å². The van der Waals surface area contributed by atoms with Crippen LogP contribution in [0.5, 0.6) is 0 Å². The first-order valence-corrected chi connectivity index (χ1v) is 12.2. The van der Waals surface area contributed by atoms with E-state index in [2.05, 4.69) is 10.6 Å². The molecule has 0 radical (unpaired) electrons. The van der Waals surface area contributed by atoms with Crippen LogP contribution >= 0.6 is 23.1 Å². The number of benzene rings is 2. The van der Waals surface area contributed by atoms with Crippen LogP contribution in [0.4, 0.5) is 5.69 Å². The van der Waals surface area contributed by atoms with E-state index >= 15 is 0 Å². The molecule has 1 aromatic heterocycles. The average molecular weight is 492 g/mol. The zero-order valence-electron chi connectivity index (χ0n) is 18.2. The molecule has 2 aromatic carbocycles. The van der Waals surface area contributed by atoms with Crippen molar-refractivity contribution in [1.29, 1.82) is 0 Å². The third-order valence-corrected chi connectivity index (χ3v) is 7.01. The van der Waals surface area contributed by atoms with Crippen molar-refractivity contribution in [3.8, 4) is 0 Å². The van der Waals surface area contributed by atoms with Gasteiger partial charge in [-0.1, -0.05) is 18.2 Å². The molecule has 0 spiro atoms. The summed E-state index contributed by atoms with van der Waals surface area (Å²) in [6.07, 6.45) is 1.80. The van der Waals surface area contributed by atoms with Crippen molar-refractivity contribution < 1.29 is 19.2 Å². The molecular weight excluding hydrogens is 470 g/mol. The van der Waals surface area contributed by atoms with Gasteiger partial charge in [-0.2, -0.15) is 11.3 Å². The summed E-state index contributed by atoms with van der Waals surface area (Å²) in [5.74, 6) is -1.24. The van der Waals surface area contributed by atoms with Crippen LogP contribution in [0.3, 0.4) is 0 Å². The Morgan fingerprint density at radius 2 is 1.79 bits per heavy atom. The molecule has 172 valence electrons. The Labute approximate surface area is 204 Å². The first kappa shape index (κ1) is 23.5. The van der Waals surface area contributed by atoms with Crippen molar-refractivity contribution in [1.82, 2.24) is 10.2 Å². The van der Waals surface area contributed by atoms with Crippen molar-refractivity contribution in [3.63, 3.8) is 0 Å². The highest BCUT2D eigenvalue weighted by atomic mass is 32.2. The molecule has 0 saturated carbocycles. The second-order valence-corrected chi connectivity index (χ2v) is 9.57. The molecule has 1 saturated heterocycles. The maximum atomic E-state index is 13.0. The second kappa shape index (κ2) is 10.5. The summed E-state index contributed by atoms with van der Waals surface area (Å²) >= 11 is 2.81. The number of hydrogen-bond donors (Lipinski definition) is 2. The van der Waals surface area contributed by atoms with Crippen LogP contribution < -0.4 is 10.6 Å². The van der Waals surface area contributed by atoms with E-state index in [1.165, 1.54) is 30.1 Å². The lowest BCUT2D eigenvalue weighted by Gasteiger charge is -2.12. The lowest BCUT2D eigenvalue weighted by atomic mass is 10.2. The number of hydrogen-bond acceptors (Lipinski definition) is 6. The number of thiophene rings is 1. The summed E-state index contributed by atoms with van der Waals surface area (Å²) < 4.78 is 0. The van der Waals surface area contributed by atoms with Gasteiger partial charge in [-0.3, -0.25) is 24.1 Å². The van der Waals surface area contributed by atoms with E-state index in [1.807, 2.05) is 22.9 Å². The van der Waals surface area contributed by atoms with Crippen LogP contribution in [0.25, 0.3) is 6.08 Å². The van der Waals surface area contributed by atoms with E-state index in [9.17, 15) is 19.2 Å². The molecule has 7 nitrogen and oxygen atoms in total. The maximum absolute atomic E-state index is 13.0. The van der Waals surface area contributed by atoms with Crippen LogP contribution in [0, 0.1) is 0 Å². The number of rotatable bonds is 7. The smallest absolute Gasteiger partial charge is 0.272 e. The molecule has 0 aliphatic carbocycles. The Balaban J connectivity index is 1.45. The fourth-order valence-electron chi connectivity index (χ4n) is 3.26. The van der Waals surface area contributed by atoms with Gasteiger partial charge in [0.05, 0.1) is 5.25 Å². The Hall–Kier alpha value is -3.69. The number of likely N-dealkylation sites (tertiary alicyclic amines) is 1. The summed E-state index contributed by atoms with van der Waals surface area (Å²) in [5.41, 5.74) is 1.89. The molecular formula is C25H21N3O4S2. The maximum Gasteiger partial charge on any atom is 0.272 e. The highest BCUT2D eigenvalue weighted by Gasteiger charge is 2.36. The quantitative estimate of drug-likeness (QED) is 0.385. The van der Waals surface area contributed by atoms with Gasteiger partial charge >= 0.3 is 0 Å². The molecule has 9 heteroatoms. The number of anilines is 1. The summed E-state index contributed by atoms with van der Waals surface area (Å²) in [5, 5.41) is 8.82. The minimum Gasteiger partial charge on any atom is -0.321 e. The summed E-state index contributed by atoms with van der Waals surface area (Å²) in [6.45, 7) is 0. The van der Waals surface area contributed by atoms with Crippen molar-refractivity contribution in [3.05, 3.63) is 88.2 Å². The first-order chi connectivity index (χ1) is 16.4. The minimum atomic E-state index is -0.464. The molecule has 0 bridgehead atoms. The van der Waals surface area contributed by atoms with Gasteiger partial charge in [-0.25, -0.2) is 0 Å². The van der Waals surface area contributed by atoms with Gasteiger partial charge in [0.15, 0.2) is 0 Å². The van der Waals surface area contributed by atoms with Crippen LogP contribution in [-0.2, 0) is 14.4 Å². The number of nitrogens with one attached hydrogen (secondary N) is 2. The molecule has 1 atom stereocenters. The standard InChI is InChI=1S/C25H21N3O4S2/c1-28-22(29)14-21(25(28)32)34-19-9-7-18(8-10-19)26-24(31)20(13-16-11-12-33-15-16)27-23(30)17-5-3-2-4-6-17/h2-13,15,21H,14H2,1H3,(H,26,31)(H,27,30)/b20-13-. The third kappa shape index (κ3) is 5.62. The van der Waals surface area contributed by atoms with Crippen molar-refractivity contribution in [2.75, 3.05) is 12.4 Å². The second-order valence-electron chi connectivity index (χ2n) is 7.51. The molecule has 1 aliphatic rings. The van der Waals surface area contributed by atoms with Gasteiger partial charge in [0, 0.05) is 29.6 Å². The van der Waals surface area contributed by atoms with Gasteiger partial charge in [0.2, 0.25) is 11.8 Å². The van der Waals surface area contributed by atoms with Gasteiger partial charge in [0.25, 0.3) is 11.8 Å². The number of thioether (sulfide) groups is 1. The number of carbonyl (C=O) groups excluding carboxylic acids is 4. The molecule has 2 heterocycles. The number of carbonyl (C=O) groups is 4. The van der Waals surface area contributed by atoms with Crippen LogP contribution in [0.2, 0.25) is 0 Å². The predicted molar refractivity (Wildman–Crippen MR) is 133 cm³/mol. The highest BCUT2D eigenvalue weighted by molar-refractivity contribution is 8.00. The molecule has 1 fully saturated rings. The number of nitrogens with zero attached hydrogens (tertiary/aromatic N) is 1. The van der Waals surface area contributed by atoms with Crippen molar-refractivity contribution in [2.45, 2.75) is 16.6 Å². The van der Waals surface area contributed by atoms with Gasteiger partial charge in [-0.05, 0) is 64.9 Å². The summed E-state index contributed by atoms with van der Waals surface area (Å²) in [7, 11) is 1.49. The van der Waals surface area contributed by atoms with Gasteiger partial charge in [0.1, 0.15) is 5.70 Å². The van der Waals surface area contributed by atoms with Gasteiger partial charge < -0.3 is 10.6 Å². The van der Waals surface area contributed by atoms with Gasteiger partial charge in [-0.15, -0.1) is 11.8 Å². The minimum absolute atomic E-state index is 0.115. The lowest BCUT2D eigenvalue weighted by molar-refractivity contribution is -0.136. The Morgan fingerprint density at radius 1 is 1.06 bits per heavy atom. The Bertz CT molecular complexity index is 1240. The highest BCUT2D eigenvalue weighted by Crippen LogP contribution is 2.31. The molecule has 34 heavy (non-hydrogen) atoms. The molecule has 1 unspecified atom stereocenters. The fourth-order valence-corrected chi connectivity index (χ4v) is 4.98. The molecule has 3 aromatic rings. The summed E-state index contributed by atoms with van der Waals surface area (Å²) in [4.78, 5) is 51.4. The first-order valence-electron chi connectivity index (χ1n) is 10.4. The van der Waals surface area contributed by atoms with Crippen LogP contribution in [0.1, 0.15) is 22.3 Å². The SMILES string of the molecule is CN1C(=O)CC(Sc2ccc(NC(=O)/C(=C/c3ccsc3)NC(=O)c3ccccc3)cc2)C1=O. The van der Waals surface area contributed by atoms with E-state index < -0.39 is 11.2 Å². The zero-order valence-corrected chi connectivity index (χ0v) is 19.8. The normalized spacial score (nSPS) is 16.0. The summed E-state index contributed by atoms with van der Waals surface area (Å²) in [6, 6.07) is 17.5. The fraction of sp³-hybridized carbons (Fsp3) is 0.120. The van der Waals surface area contributed by atoms with Crippen molar-refractivity contribution >= 4 is 58.5 Å². The monoisotopic (exact) mass is 491 g/mol. The van der Waals surface area contributed by atoms with E-state index in [0.29, 0.717) is 11.3 Å². The Kier molecular flexibility index (Phi) is 7.24. The lowest BCUT2D eigenvalue weighted by Crippen LogP contribution is -2.30. The number of amides is 4. The molecule has 4 amide bonds. The van der Waals surface area contributed by atoms with E-state index in [4.69, 9.17) is 0 Å². The van der Waals surface area contributed by atoms with E-state index in [-0.39, 0.29) is 29.8 Å². The molecule has 4 rings (SSSR count). The van der Waals surface area contributed by atoms with Crippen LogP contribution in [-0.4, -0.2) is 40.8 Å². The largest absolute Gasteiger partial charge is 0.321 e. The number of imide groups is 1. The average Bonchev–Trinajstić information content (AvgIpc) is 3.44. The Morgan fingerprint density at radius 3 is 2.41 bits per heavy atom. The zero-order chi connectivity index (χ0) is 24.1. The molecule has 1 aliphatic heterocycles. The van der Waals surface area contributed by atoms with Crippen LogP contribution in [0.15, 0.2) is 82.0 Å². The topological polar surface area (TPSA) is 95.6 Å². The van der Waals surface area contributed by atoms with E-state index in [1.54, 1.807) is 54.6 Å².